The monoisotopic (exact) mass is 280 g/mol. The molecule has 19 heavy (non-hydrogen) atoms. The lowest BCUT2D eigenvalue weighted by molar-refractivity contribution is -0.129. The maximum absolute atomic E-state index is 12.5. The first-order chi connectivity index (χ1) is 9.20. The fourth-order valence-electron chi connectivity index (χ4n) is 3.33. The molecule has 0 aromatic rings. The zero-order chi connectivity index (χ0) is 13.7. The van der Waals surface area contributed by atoms with E-state index >= 15 is 0 Å². The number of amides is 1. The van der Waals surface area contributed by atoms with Gasteiger partial charge in [0.05, 0.1) is 6.07 Å². The second kappa shape index (κ2) is 6.65. The van der Waals surface area contributed by atoms with Gasteiger partial charge in [0.25, 0.3) is 0 Å². The molecular formula is C15H24N2OS. The molecule has 0 saturated heterocycles. The van der Waals surface area contributed by atoms with E-state index in [2.05, 4.69) is 17.6 Å². The zero-order valence-corrected chi connectivity index (χ0v) is 12.6. The Morgan fingerprint density at radius 2 is 1.95 bits per heavy atom. The Hall–Kier alpha value is -0.690. The quantitative estimate of drug-likeness (QED) is 0.807. The summed E-state index contributed by atoms with van der Waals surface area (Å²) in [5, 5.41) is 13.3. The van der Waals surface area contributed by atoms with Crippen molar-refractivity contribution in [2.24, 2.45) is 5.41 Å². The average Bonchev–Trinajstić information content (AvgIpc) is 2.74. The van der Waals surface area contributed by atoms with Gasteiger partial charge in [-0.2, -0.15) is 17.0 Å². The molecule has 1 amide bonds. The highest BCUT2D eigenvalue weighted by atomic mass is 32.2. The standard InChI is InChI=1S/C15H24N2OS/c1-19-13-7-6-12(10-13)17-14(18)15(11-16)8-4-2-3-5-9-15/h12-13H,2-10H2,1H3,(H,17,18). The van der Waals surface area contributed by atoms with Gasteiger partial charge in [0.2, 0.25) is 5.91 Å². The van der Waals surface area contributed by atoms with Crippen LogP contribution in [0.5, 0.6) is 0 Å². The highest BCUT2D eigenvalue weighted by Crippen LogP contribution is 2.36. The van der Waals surface area contributed by atoms with Crippen LogP contribution in [0.4, 0.5) is 0 Å². The number of nitrogens with zero attached hydrogens (tertiary/aromatic N) is 1. The van der Waals surface area contributed by atoms with Crippen molar-refractivity contribution in [3.8, 4) is 6.07 Å². The Morgan fingerprint density at radius 1 is 1.26 bits per heavy atom. The highest BCUT2D eigenvalue weighted by molar-refractivity contribution is 7.99. The smallest absolute Gasteiger partial charge is 0.240 e. The van der Waals surface area contributed by atoms with Crippen LogP contribution < -0.4 is 5.32 Å². The predicted molar refractivity (Wildman–Crippen MR) is 78.8 cm³/mol. The van der Waals surface area contributed by atoms with Crippen LogP contribution in [0.3, 0.4) is 0 Å². The second-order valence-corrected chi connectivity index (χ2v) is 7.09. The SMILES string of the molecule is CSC1CCC(NC(=O)C2(C#N)CCCCCC2)C1. The van der Waals surface area contributed by atoms with Crippen LogP contribution in [0.1, 0.15) is 57.8 Å². The maximum atomic E-state index is 12.5. The molecule has 0 aromatic carbocycles. The minimum absolute atomic E-state index is 0.00338. The summed E-state index contributed by atoms with van der Waals surface area (Å²) in [6.07, 6.45) is 11.3. The molecule has 0 radical (unpaired) electrons. The van der Waals surface area contributed by atoms with E-state index in [0.29, 0.717) is 11.3 Å². The molecule has 106 valence electrons. The van der Waals surface area contributed by atoms with Crippen molar-refractivity contribution < 1.29 is 4.79 Å². The van der Waals surface area contributed by atoms with Crippen molar-refractivity contribution in [1.29, 1.82) is 5.26 Å². The molecule has 0 aromatic heterocycles. The van der Waals surface area contributed by atoms with E-state index in [0.717, 1.165) is 51.4 Å². The summed E-state index contributed by atoms with van der Waals surface area (Å²) in [7, 11) is 0. The van der Waals surface area contributed by atoms with Crippen molar-refractivity contribution in [1.82, 2.24) is 5.32 Å². The summed E-state index contributed by atoms with van der Waals surface area (Å²) in [4.78, 5) is 12.5. The van der Waals surface area contributed by atoms with E-state index in [4.69, 9.17) is 0 Å². The van der Waals surface area contributed by atoms with Gasteiger partial charge in [0.1, 0.15) is 5.41 Å². The molecule has 2 unspecified atom stereocenters. The van der Waals surface area contributed by atoms with Crippen molar-refractivity contribution in [3.05, 3.63) is 0 Å². The Labute approximate surface area is 120 Å². The van der Waals surface area contributed by atoms with Gasteiger partial charge in [-0.1, -0.05) is 25.7 Å². The summed E-state index contributed by atoms with van der Waals surface area (Å²) < 4.78 is 0. The summed E-state index contributed by atoms with van der Waals surface area (Å²) in [5.41, 5.74) is -0.742. The third kappa shape index (κ3) is 3.45. The van der Waals surface area contributed by atoms with Crippen LogP contribution in [0.25, 0.3) is 0 Å². The van der Waals surface area contributed by atoms with Gasteiger partial charge in [0.15, 0.2) is 0 Å². The summed E-state index contributed by atoms with van der Waals surface area (Å²) in [6, 6.07) is 2.63. The largest absolute Gasteiger partial charge is 0.352 e. The van der Waals surface area contributed by atoms with Crippen molar-refractivity contribution in [2.75, 3.05) is 6.26 Å². The van der Waals surface area contributed by atoms with Crippen molar-refractivity contribution in [2.45, 2.75) is 69.1 Å². The first-order valence-corrected chi connectivity index (χ1v) is 8.74. The fourth-order valence-corrected chi connectivity index (χ4v) is 4.13. The molecular weight excluding hydrogens is 256 g/mol. The van der Waals surface area contributed by atoms with Gasteiger partial charge in [-0.05, 0) is 38.4 Å². The van der Waals surface area contributed by atoms with Crippen LogP contribution in [0.2, 0.25) is 0 Å². The van der Waals surface area contributed by atoms with Gasteiger partial charge in [-0.15, -0.1) is 0 Å². The number of hydrogen-bond donors (Lipinski definition) is 1. The minimum atomic E-state index is -0.742. The van der Waals surface area contributed by atoms with Gasteiger partial charge in [-0.3, -0.25) is 4.79 Å². The molecule has 1 N–H and O–H groups in total. The molecule has 2 saturated carbocycles. The van der Waals surface area contributed by atoms with Crippen molar-refractivity contribution >= 4 is 17.7 Å². The number of carbonyl (C=O) groups excluding carboxylic acids is 1. The predicted octanol–water partition coefficient (Wildman–Crippen LogP) is 3.25. The van der Waals surface area contributed by atoms with Crippen LogP contribution in [0, 0.1) is 16.7 Å². The summed E-state index contributed by atoms with van der Waals surface area (Å²) in [5.74, 6) is 0.00338. The van der Waals surface area contributed by atoms with Crippen LogP contribution in [0.15, 0.2) is 0 Å². The fraction of sp³-hybridized carbons (Fsp3) is 0.867. The summed E-state index contributed by atoms with van der Waals surface area (Å²) in [6.45, 7) is 0. The Bertz CT molecular complexity index is 356. The van der Waals surface area contributed by atoms with E-state index in [-0.39, 0.29) is 5.91 Å². The zero-order valence-electron chi connectivity index (χ0n) is 11.8. The molecule has 0 bridgehead atoms. The molecule has 2 rings (SSSR count). The second-order valence-electron chi connectivity index (χ2n) is 5.95. The van der Waals surface area contributed by atoms with Gasteiger partial charge >= 0.3 is 0 Å². The Morgan fingerprint density at radius 3 is 2.47 bits per heavy atom. The number of hydrogen-bond acceptors (Lipinski definition) is 3. The first kappa shape index (κ1) is 14.7. The molecule has 0 heterocycles. The maximum Gasteiger partial charge on any atom is 0.240 e. The lowest BCUT2D eigenvalue weighted by atomic mass is 9.80. The van der Waals surface area contributed by atoms with Crippen LogP contribution in [-0.2, 0) is 4.79 Å². The molecule has 2 aliphatic carbocycles. The van der Waals surface area contributed by atoms with Crippen LogP contribution >= 0.6 is 11.8 Å². The molecule has 2 fully saturated rings. The Balaban J connectivity index is 1.95. The molecule has 2 atom stereocenters. The number of carbonyl (C=O) groups is 1. The lowest BCUT2D eigenvalue weighted by Crippen LogP contribution is -2.44. The van der Waals surface area contributed by atoms with Crippen molar-refractivity contribution in [3.63, 3.8) is 0 Å². The minimum Gasteiger partial charge on any atom is -0.352 e. The van der Waals surface area contributed by atoms with E-state index < -0.39 is 5.41 Å². The first-order valence-electron chi connectivity index (χ1n) is 7.45. The normalized spacial score (nSPS) is 30.3. The topological polar surface area (TPSA) is 52.9 Å². The summed E-state index contributed by atoms with van der Waals surface area (Å²) >= 11 is 1.89. The average molecular weight is 280 g/mol. The van der Waals surface area contributed by atoms with E-state index in [9.17, 15) is 10.1 Å². The molecule has 3 nitrogen and oxygen atoms in total. The third-order valence-corrected chi connectivity index (χ3v) is 5.75. The van der Waals surface area contributed by atoms with Crippen LogP contribution in [-0.4, -0.2) is 23.5 Å². The van der Waals surface area contributed by atoms with E-state index in [1.165, 1.54) is 6.42 Å². The highest BCUT2D eigenvalue weighted by Gasteiger charge is 2.40. The van der Waals surface area contributed by atoms with Gasteiger partial charge < -0.3 is 5.32 Å². The number of nitrogens with one attached hydrogen (secondary N) is 1. The van der Waals surface area contributed by atoms with E-state index in [1.807, 2.05) is 11.8 Å². The number of nitriles is 1. The Kier molecular flexibility index (Phi) is 5.15. The number of rotatable bonds is 3. The lowest BCUT2D eigenvalue weighted by Gasteiger charge is -2.26. The van der Waals surface area contributed by atoms with E-state index in [1.54, 1.807) is 0 Å². The number of thioether (sulfide) groups is 1. The molecule has 0 spiro atoms. The third-order valence-electron chi connectivity index (χ3n) is 4.66. The molecule has 2 aliphatic rings. The molecule has 4 heteroatoms. The van der Waals surface area contributed by atoms with Gasteiger partial charge in [0, 0.05) is 11.3 Å². The van der Waals surface area contributed by atoms with Gasteiger partial charge in [-0.25, -0.2) is 0 Å². The molecule has 0 aliphatic heterocycles.